The summed E-state index contributed by atoms with van der Waals surface area (Å²) in [5.74, 6) is -0.409. The van der Waals surface area contributed by atoms with Crippen molar-refractivity contribution in [1.82, 2.24) is 20.4 Å². The molecule has 0 aliphatic rings. The molecule has 2 rings (SSSR count). The van der Waals surface area contributed by atoms with Crippen LogP contribution < -0.4 is 15.5 Å². The summed E-state index contributed by atoms with van der Waals surface area (Å²) in [6, 6.07) is 0.566. The number of aromatic nitrogens is 3. The highest BCUT2D eigenvalue weighted by molar-refractivity contribution is 7.80. The van der Waals surface area contributed by atoms with E-state index in [1.807, 2.05) is 5.48 Å². The van der Waals surface area contributed by atoms with Crippen LogP contribution in [0, 0.1) is 6.92 Å². The Labute approximate surface area is 148 Å². The van der Waals surface area contributed by atoms with E-state index in [4.69, 9.17) is 9.02 Å². The zero-order valence-corrected chi connectivity index (χ0v) is 14.9. The maximum Gasteiger partial charge on any atom is 0.349 e. The fourth-order valence-corrected chi connectivity index (χ4v) is 3.32. The molecule has 1 unspecified atom stereocenters. The molecule has 2 aromatic rings. The van der Waals surface area contributed by atoms with E-state index < -0.39 is 23.1 Å². The Morgan fingerprint density at radius 3 is 2.68 bits per heavy atom. The van der Waals surface area contributed by atoms with E-state index in [1.165, 1.54) is 20.3 Å². The third-order valence-electron chi connectivity index (χ3n) is 2.52. The molecule has 25 heavy (non-hydrogen) atoms. The number of aryl methyl sites for hydroxylation is 1. The second kappa shape index (κ2) is 8.46. The second-order valence-corrected chi connectivity index (χ2v) is 6.16. The zero-order chi connectivity index (χ0) is 18.4. The summed E-state index contributed by atoms with van der Waals surface area (Å²) in [4.78, 5) is 35.0. The van der Waals surface area contributed by atoms with Crippen molar-refractivity contribution in [2.24, 2.45) is 0 Å². The number of thiophene rings is 1. The molecule has 2 N–H and O–H groups in total. The average Bonchev–Trinajstić information content (AvgIpc) is 3.08. The first kappa shape index (κ1) is 18.7. The Bertz CT molecular complexity index is 811. The number of rotatable bonds is 6. The summed E-state index contributed by atoms with van der Waals surface area (Å²) >= 11 is -1.08. The van der Waals surface area contributed by atoms with Crippen molar-refractivity contribution in [3.05, 3.63) is 22.1 Å². The van der Waals surface area contributed by atoms with Gasteiger partial charge in [0.25, 0.3) is 0 Å². The number of anilines is 1. The highest BCUT2D eigenvalue weighted by Gasteiger charge is 2.20. The lowest BCUT2D eigenvalue weighted by atomic mass is 10.5. The molecule has 0 spiro atoms. The number of nitrogens with zero attached hydrogens (tertiary/aromatic N) is 3. The fourth-order valence-electron chi connectivity index (χ4n) is 1.52. The Hall–Kier alpha value is -2.64. The first-order valence-electron chi connectivity index (χ1n) is 6.53. The maximum absolute atomic E-state index is 12.0. The Balaban J connectivity index is 1.96. The first-order chi connectivity index (χ1) is 11.9. The van der Waals surface area contributed by atoms with Gasteiger partial charge in [-0.05, 0) is 18.4 Å². The molecule has 0 fully saturated rings. The van der Waals surface area contributed by atoms with Crippen molar-refractivity contribution in [3.8, 4) is 6.01 Å². The molecule has 0 aromatic carbocycles. The van der Waals surface area contributed by atoms with Gasteiger partial charge in [0.2, 0.25) is 17.0 Å². The minimum absolute atomic E-state index is 0.0216. The lowest BCUT2D eigenvalue weighted by molar-refractivity contribution is 0.0602. The van der Waals surface area contributed by atoms with Crippen molar-refractivity contribution in [3.63, 3.8) is 0 Å². The second-order valence-electron chi connectivity index (χ2n) is 4.17. The summed E-state index contributed by atoms with van der Waals surface area (Å²) in [6.07, 6.45) is 0. The van der Waals surface area contributed by atoms with Gasteiger partial charge in [-0.2, -0.15) is 19.2 Å². The number of hydrogen-bond acceptors (Lipinski definition) is 10. The van der Waals surface area contributed by atoms with E-state index in [1.54, 1.807) is 12.3 Å². The normalized spacial score (nSPS) is 11.5. The molecule has 134 valence electrons. The largest absolute Gasteiger partial charge is 0.467 e. The average molecular weight is 387 g/mol. The minimum Gasteiger partial charge on any atom is -0.467 e. The predicted octanol–water partition coefficient (Wildman–Crippen LogP) is 0.813. The SMILES string of the molecule is COC(=O)c1sccc1S(=O)ONC(=O)Nc1nc(C)nc(OC)n1. The number of ether oxygens (including phenoxy) is 2. The quantitative estimate of drug-likeness (QED) is 0.544. The first-order valence-corrected chi connectivity index (χ1v) is 8.48. The van der Waals surface area contributed by atoms with Crippen LogP contribution in [0.5, 0.6) is 6.01 Å². The molecule has 2 aromatic heterocycles. The zero-order valence-electron chi connectivity index (χ0n) is 13.3. The number of carbonyl (C=O) groups is 2. The van der Waals surface area contributed by atoms with Gasteiger partial charge in [0.1, 0.15) is 10.7 Å². The van der Waals surface area contributed by atoms with E-state index in [-0.39, 0.29) is 21.7 Å². The van der Waals surface area contributed by atoms with E-state index in [9.17, 15) is 13.8 Å². The molecule has 2 heterocycles. The van der Waals surface area contributed by atoms with Gasteiger partial charge < -0.3 is 9.47 Å². The number of nitrogens with one attached hydrogen (secondary N) is 2. The summed E-state index contributed by atoms with van der Waals surface area (Å²) in [6.45, 7) is 1.59. The standard InChI is InChI=1S/C12H13N5O6S2/c1-6-13-10(16-12(14-6)22-3)15-11(19)17-23-25(20)7-4-5-24-8(7)9(18)21-2/h4-5H,1-3H3,(H2,13,14,15,16,17,19). The van der Waals surface area contributed by atoms with E-state index in [2.05, 4.69) is 25.0 Å². The summed E-state index contributed by atoms with van der Waals surface area (Å²) in [5, 5.41) is 3.81. The molecule has 0 saturated carbocycles. The highest BCUT2D eigenvalue weighted by Crippen LogP contribution is 2.21. The van der Waals surface area contributed by atoms with Crippen LogP contribution in [0.25, 0.3) is 0 Å². The van der Waals surface area contributed by atoms with E-state index in [0.29, 0.717) is 5.82 Å². The van der Waals surface area contributed by atoms with Gasteiger partial charge in [-0.1, -0.05) is 0 Å². The molecule has 11 nitrogen and oxygen atoms in total. The Morgan fingerprint density at radius 1 is 1.24 bits per heavy atom. The van der Waals surface area contributed by atoms with Crippen LogP contribution in [0.15, 0.2) is 16.3 Å². The van der Waals surface area contributed by atoms with E-state index in [0.717, 1.165) is 11.3 Å². The van der Waals surface area contributed by atoms with Gasteiger partial charge in [0, 0.05) is 0 Å². The van der Waals surface area contributed by atoms with E-state index >= 15 is 0 Å². The lowest BCUT2D eigenvalue weighted by Gasteiger charge is -2.07. The number of amides is 2. The number of esters is 1. The van der Waals surface area contributed by atoms with Gasteiger partial charge in [0.05, 0.1) is 19.1 Å². The van der Waals surface area contributed by atoms with Crippen LogP contribution in [0.1, 0.15) is 15.5 Å². The van der Waals surface area contributed by atoms with Crippen LogP contribution in [0.4, 0.5) is 10.7 Å². The summed E-state index contributed by atoms with van der Waals surface area (Å²) in [5.41, 5.74) is 1.92. The molecule has 1 atom stereocenters. The van der Waals surface area contributed by atoms with Crippen molar-refractivity contribution >= 4 is 40.4 Å². The minimum atomic E-state index is -2.12. The molecule has 0 bridgehead atoms. The van der Waals surface area contributed by atoms with Crippen LogP contribution in [0.3, 0.4) is 0 Å². The van der Waals surface area contributed by atoms with Gasteiger partial charge in [-0.15, -0.1) is 11.3 Å². The predicted molar refractivity (Wildman–Crippen MR) is 86.4 cm³/mol. The molecular weight excluding hydrogens is 374 g/mol. The number of hydrogen-bond donors (Lipinski definition) is 2. The van der Waals surface area contributed by atoms with Crippen LogP contribution >= 0.6 is 11.3 Å². The number of urea groups is 1. The third kappa shape index (κ3) is 4.91. The fraction of sp³-hybridized carbons (Fsp3) is 0.250. The van der Waals surface area contributed by atoms with Crippen molar-refractivity contribution < 1.29 is 27.6 Å². The smallest absolute Gasteiger partial charge is 0.349 e. The Kier molecular flexibility index (Phi) is 6.32. The van der Waals surface area contributed by atoms with Gasteiger partial charge in [-0.25, -0.2) is 19.3 Å². The molecule has 0 aliphatic heterocycles. The van der Waals surface area contributed by atoms with Crippen LogP contribution in [-0.4, -0.2) is 45.4 Å². The van der Waals surface area contributed by atoms with Crippen molar-refractivity contribution in [2.75, 3.05) is 19.5 Å². The van der Waals surface area contributed by atoms with Crippen LogP contribution in [-0.2, 0) is 20.1 Å². The number of methoxy groups -OCH3 is 2. The molecule has 2 amide bonds. The Morgan fingerprint density at radius 2 is 2.00 bits per heavy atom. The molecule has 0 aliphatic carbocycles. The van der Waals surface area contributed by atoms with Gasteiger partial charge in [0.15, 0.2) is 0 Å². The summed E-state index contributed by atoms with van der Waals surface area (Å²) in [7, 11) is 2.57. The molecule has 0 radical (unpaired) electrons. The van der Waals surface area contributed by atoms with Crippen molar-refractivity contribution in [2.45, 2.75) is 11.8 Å². The van der Waals surface area contributed by atoms with Crippen LogP contribution in [0.2, 0.25) is 0 Å². The topological polar surface area (TPSA) is 142 Å². The third-order valence-corrected chi connectivity index (χ3v) is 4.48. The highest BCUT2D eigenvalue weighted by atomic mass is 32.2. The number of carbonyl (C=O) groups excluding carboxylic acids is 2. The molecule has 0 saturated heterocycles. The lowest BCUT2D eigenvalue weighted by Crippen LogP contribution is -2.30. The molecule has 13 heteroatoms. The molecular formula is C12H13N5O6S2. The van der Waals surface area contributed by atoms with Gasteiger partial charge in [-0.3, -0.25) is 5.32 Å². The van der Waals surface area contributed by atoms with Gasteiger partial charge >= 0.3 is 18.0 Å². The van der Waals surface area contributed by atoms with Crippen molar-refractivity contribution in [1.29, 1.82) is 0 Å². The monoisotopic (exact) mass is 387 g/mol. The maximum atomic E-state index is 12.0. The summed E-state index contributed by atoms with van der Waals surface area (Å²) < 4.78 is 26.2. The number of hydroxylamine groups is 1.